The number of sulfonamides is 1. The summed E-state index contributed by atoms with van der Waals surface area (Å²) >= 11 is 0. The number of benzene rings is 3. The first-order chi connectivity index (χ1) is 14.5. The second-order valence-corrected chi connectivity index (χ2v) is 8.28. The molecule has 1 atom stereocenters. The Bertz CT molecular complexity index is 1230. The van der Waals surface area contributed by atoms with E-state index >= 15 is 0 Å². The van der Waals surface area contributed by atoms with E-state index in [-0.39, 0.29) is 10.8 Å². The quantitative estimate of drug-likeness (QED) is 0.494. The van der Waals surface area contributed by atoms with Crippen molar-refractivity contribution in [2.24, 2.45) is 0 Å². The lowest BCUT2D eigenvalue weighted by atomic mass is 10.0. The van der Waals surface area contributed by atoms with Gasteiger partial charge in [0.05, 0.1) is 16.3 Å². The highest BCUT2D eigenvalue weighted by Crippen LogP contribution is 2.26. The molecule has 3 aromatic carbocycles. The van der Waals surface area contributed by atoms with Crippen LogP contribution in [0.2, 0.25) is 0 Å². The molecule has 0 saturated carbocycles. The third-order valence-corrected chi connectivity index (χ3v) is 5.83. The Morgan fingerprint density at radius 2 is 1.33 bits per heavy atom. The Morgan fingerprint density at radius 3 is 1.97 bits per heavy atom. The average Bonchev–Trinajstić information content (AvgIpc) is 2.80. The molecule has 0 radical (unpaired) electrons. The summed E-state index contributed by atoms with van der Waals surface area (Å²) in [4.78, 5) is 8.77. The van der Waals surface area contributed by atoms with Crippen LogP contribution >= 0.6 is 0 Å². The van der Waals surface area contributed by atoms with Crippen LogP contribution in [0.25, 0.3) is 11.3 Å². The van der Waals surface area contributed by atoms with Gasteiger partial charge in [-0.05, 0) is 23.8 Å². The van der Waals surface area contributed by atoms with Crippen LogP contribution in [-0.2, 0) is 10.0 Å². The molecule has 4 rings (SSSR count). The minimum atomic E-state index is -3.88. The number of anilines is 1. The highest BCUT2D eigenvalue weighted by molar-refractivity contribution is 7.92. The molecule has 0 aliphatic heterocycles. The predicted molar refractivity (Wildman–Crippen MR) is 115 cm³/mol. The van der Waals surface area contributed by atoms with Crippen LogP contribution in [0.15, 0.2) is 102 Å². The Kier molecular flexibility index (Phi) is 5.56. The van der Waals surface area contributed by atoms with Crippen LogP contribution in [0.1, 0.15) is 17.4 Å². The molecule has 0 bridgehead atoms. The first-order valence-electron chi connectivity index (χ1n) is 9.28. The van der Waals surface area contributed by atoms with Crippen LogP contribution in [0, 0.1) is 0 Å². The number of hydrogen-bond donors (Lipinski definition) is 2. The molecule has 1 aromatic heterocycles. The molecule has 1 heterocycles. The van der Waals surface area contributed by atoms with Crippen molar-refractivity contribution < 1.29 is 13.5 Å². The van der Waals surface area contributed by atoms with Gasteiger partial charge >= 0.3 is 0 Å². The lowest BCUT2D eigenvalue weighted by Crippen LogP contribution is -2.16. The fourth-order valence-electron chi connectivity index (χ4n) is 2.99. The lowest BCUT2D eigenvalue weighted by molar-refractivity contribution is 0.215. The molecule has 1 unspecified atom stereocenters. The number of nitrogens with one attached hydrogen (secondary N) is 1. The molecule has 7 heteroatoms. The van der Waals surface area contributed by atoms with Crippen LogP contribution < -0.4 is 4.72 Å². The van der Waals surface area contributed by atoms with Gasteiger partial charge in [0.2, 0.25) is 5.95 Å². The number of rotatable bonds is 6. The highest BCUT2D eigenvalue weighted by Gasteiger charge is 2.19. The Labute approximate surface area is 175 Å². The largest absolute Gasteiger partial charge is 0.382 e. The van der Waals surface area contributed by atoms with Crippen molar-refractivity contribution >= 4 is 16.0 Å². The molecule has 0 spiro atoms. The van der Waals surface area contributed by atoms with E-state index in [9.17, 15) is 13.5 Å². The Hall–Kier alpha value is -3.55. The summed E-state index contributed by atoms with van der Waals surface area (Å²) in [6.45, 7) is 0. The summed E-state index contributed by atoms with van der Waals surface area (Å²) < 4.78 is 27.9. The molecule has 4 aromatic rings. The monoisotopic (exact) mass is 417 g/mol. The number of aromatic nitrogens is 2. The first-order valence-corrected chi connectivity index (χ1v) is 10.8. The molecule has 30 heavy (non-hydrogen) atoms. The molecule has 0 amide bonds. The van der Waals surface area contributed by atoms with Gasteiger partial charge in [-0.3, -0.25) is 0 Å². The number of hydrogen-bond acceptors (Lipinski definition) is 5. The van der Waals surface area contributed by atoms with E-state index in [2.05, 4.69) is 14.7 Å². The standard InChI is InChI=1S/C23H19N3O3S/c27-22(18-12-6-2-7-13-18)21-16-20(17-10-4-1-5-11-17)24-23(25-21)26-30(28,29)19-14-8-3-9-15-19/h1-16,22,27H,(H,24,25,26). The molecule has 0 aliphatic rings. The number of aliphatic hydroxyl groups is 1. The van der Waals surface area contributed by atoms with Crippen LogP contribution in [-0.4, -0.2) is 23.5 Å². The first kappa shape index (κ1) is 19.8. The van der Waals surface area contributed by atoms with Crippen molar-refractivity contribution in [3.05, 3.63) is 108 Å². The van der Waals surface area contributed by atoms with E-state index in [1.165, 1.54) is 12.1 Å². The van der Waals surface area contributed by atoms with Crippen molar-refractivity contribution in [3.8, 4) is 11.3 Å². The van der Waals surface area contributed by atoms with Gasteiger partial charge in [0.15, 0.2) is 0 Å². The average molecular weight is 417 g/mol. The van der Waals surface area contributed by atoms with Crippen LogP contribution in [0.4, 0.5) is 5.95 Å². The highest BCUT2D eigenvalue weighted by atomic mass is 32.2. The van der Waals surface area contributed by atoms with Gasteiger partial charge in [-0.2, -0.15) is 0 Å². The summed E-state index contributed by atoms with van der Waals surface area (Å²) in [6.07, 6.45) is -1.03. The fourth-order valence-corrected chi connectivity index (χ4v) is 3.96. The predicted octanol–water partition coefficient (Wildman–Crippen LogP) is 4.03. The van der Waals surface area contributed by atoms with Gasteiger partial charge in [-0.1, -0.05) is 78.9 Å². The summed E-state index contributed by atoms with van der Waals surface area (Å²) in [6, 6.07) is 28.0. The van der Waals surface area contributed by atoms with E-state index in [1.54, 1.807) is 36.4 Å². The van der Waals surface area contributed by atoms with E-state index in [1.807, 2.05) is 48.5 Å². The van der Waals surface area contributed by atoms with E-state index < -0.39 is 16.1 Å². The van der Waals surface area contributed by atoms with Crippen molar-refractivity contribution in [2.75, 3.05) is 4.72 Å². The zero-order chi connectivity index (χ0) is 21.0. The summed E-state index contributed by atoms with van der Waals surface area (Å²) in [5, 5.41) is 10.8. The fraction of sp³-hybridized carbons (Fsp3) is 0.0435. The van der Waals surface area contributed by atoms with Gasteiger partial charge in [0.25, 0.3) is 10.0 Å². The molecular weight excluding hydrogens is 398 g/mol. The molecule has 0 saturated heterocycles. The maximum Gasteiger partial charge on any atom is 0.264 e. The SMILES string of the molecule is O=S(=O)(Nc1nc(-c2ccccc2)cc(C(O)c2ccccc2)n1)c1ccccc1. The van der Waals surface area contributed by atoms with Gasteiger partial charge in [-0.25, -0.2) is 23.1 Å². The zero-order valence-electron chi connectivity index (χ0n) is 15.9. The second-order valence-electron chi connectivity index (χ2n) is 6.60. The Morgan fingerprint density at radius 1 is 0.767 bits per heavy atom. The van der Waals surface area contributed by atoms with Gasteiger partial charge < -0.3 is 5.11 Å². The third-order valence-electron chi connectivity index (χ3n) is 4.49. The zero-order valence-corrected chi connectivity index (χ0v) is 16.7. The summed E-state index contributed by atoms with van der Waals surface area (Å²) in [5.74, 6) is -0.106. The van der Waals surface area contributed by atoms with E-state index in [0.29, 0.717) is 17.0 Å². The van der Waals surface area contributed by atoms with E-state index in [0.717, 1.165) is 5.56 Å². The van der Waals surface area contributed by atoms with Gasteiger partial charge in [0.1, 0.15) is 6.10 Å². The van der Waals surface area contributed by atoms with Crippen LogP contribution in [0.5, 0.6) is 0 Å². The molecule has 150 valence electrons. The second kappa shape index (κ2) is 8.44. The molecule has 0 fully saturated rings. The molecule has 2 N–H and O–H groups in total. The van der Waals surface area contributed by atoms with Crippen molar-refractivity contribution in [3.63, 3.8) is 0 Å². The van der Waals surface area contributed by atoms with E-state index in [4.69, 9.17) is 0 Å². The topological polar surface area (TPSA) is 92.2 Å². The Balaban J connectivity index is 1.78. The normalized spacial score (nSPS) is 12.3. The summed E-state index contributed by atoms with van der Waals surface area (Å²) in [5.41, 5.74) is 2.22. The molecule has 0 aliphatic carbocycles. The minimum Gasteiger partial charge on any atom is -0.382 e. The minimum absolute atomic E-state index is 0.101. The lowest BCUT2D eigenvalue weighted by Gasteiger charge is -2.14. The molecule has 6 nitrogen and oxygen atoms in total. The molecular formula is C23H19N3O3S. The summed E-state index contributed by atoms with van der Waals surface area (Å²) in [7, 11) is -3.88. The van der Waals surface area contributed by atoms with Crippen LogP contribution in [0.3, 0.4) is 0 Å². The maximum atomic E-state index is 12.7. The van der Waals surface area contributed by atoms with Gasteiger partial charge in [-0.15, -0.1) is 0 Å². The third kappa shape index (κ3) is 4.37. The van der Waals surface area contributed by atoms with Crippen molar-refractivity contribution in [1.82, 2.24) is 9.97 Å². The van der Waals surface area contributed by atoms with Gasteiger partial charge in [0, 0.05) is 5.56 Å². The smallest absolute Gasteiger partial charge is 0.264 e. The van der Waals surface area contributed by atoms with Crippen molar-refractivity contribution in [1.29, 1.82) is 0 Å². The number of nitrogens with zero attached hydrogens (tertiary/aromatic N) is 2. The maximum absolute atomic E-state index is 12.7. The van der Waals surface area contributed by atoms with Crippen molar-refractivity contribution in [2.45, 2.75) is 11.0 Å². The number of aliphatic hydroxyl groups excluding tert-OH is 1.